The minimum Gasteiger partial charge on any atom is -0.444 e. The van der Waals surface area contributed by atoms with Gasteiger partial charge >= 0.3 is 5.97 Å². The van der Waals surface area contributed by atoms with E-state index in [4.69, 9.17) is 4.74 Å². The number of rotatable bonds is 5. The van der Waals surface area contributed by atoms with E-state index in [1.54, 1.807) is 6.92 Å². The summed E-state index contributed by atoms with van der Waals surface area (Å²) in [5, 5.41) is 3.26. The van der Waals surface area contributed by atoms with E-state index < -0.39 is 0 Å². The summed E-state index contributed by atoms with van der Waals surface area (Å²) < 4.78 is 5.15. The highest BCUT2D eigenvalue weighted by molar-refractivity contribution is 5.87. The predicted octanol–water partition coefficient (Wildman–Crippen LogP) is 2.48. The lowest BCUT2D eigenvalue weighted by molar-refractivity contribution is -0.146. The van der Waals surface area contributed by atoms with Crippen LogP contribution >= 0.6 is 0 Å². The lowest BCUT2D eigenvalue weighted by atomic mass is 9.91. The molecule has 3 heteroatoms. The van der Waals surface area contributed by atoms with Crippen LogP contribution in [0.25, 0.3) is 0 Å². The van der Waals surface area contributed by atoms with Crippen molar-refractivity contribution < 1.29 is 9.53 Å². The van der Waals surface area contributed by atoms with Gasteiger partial charge in [-0.15, -0.1) is 0 Å². The number of ether oxygens (including phenoxy) is 1. The van der Waals surface area contributed by atoms with Gasteiger partial charge in [0.05, 0.1) is 0 Å². The highest BCUT2D eigenvalue weighted by atomic mass is 16.6. The van der Waals surface area contributed by atoms with Crippen LogP contribution in [0.2, 0.25) is 0 Å². The van der Waals surface area contributed by atoms with Crippen molar-refractivity contribution in [2.24, 2.45) is 5.92 Å². The Morgan fingerprint density at radius 3 is 2.13 bits per heavy atom. The van der Waals surface area contributed by atoms with E-state index in [-0.39, 0.29) is 17.7 Å². The Morgan fingerprint density at radius 2 is 1.80 bits per heavy atom. The van der Waals surface area contributed by atoms with Crippen molar-refractivity contribution >= 4 is 5.97 Å². The fourth-order valence-electron chi connectivity index (χ4n) is 0.981. The summed E-state index contributed by atoms with van der Waals surface area (Å²) in [5.74, 6) is 0.109. The zero-order valence-electron chi connectivity index (χ0n) is 10.7. The van der Waals surface area contributed by atoms with Gasteiger partial charge in [-0.05, 0) is 33.6 Å². The van der Waals surface area contributed by atoms with E-state index in [1.807, 2.05) is 6.92 Å². The quantitative estimate of drug-likeness (QED) is 0.433. The molecular formula is C12H23NO2. The largest absolute Gasteiger partial charge is 0.444 e. The first-order chi connectivity index (χ1) is 6.66. The molecule has 0 rings (SSSR count). The van der Waals surface area contributed by atoms with Crippen molar-refractivity contribution in [3.63, 3.8) is 0 Å². The topological polar surface area (TPSA) is 38.3 Å². The number of carbonyl (C=O) groups is 1. The van der Waals surface area contributed by atoms with Crippen molar-refractivity contribution in [2.45, 2.75) is 53.3 Å². The molecule has 1 N–H and O–H groups in total. The number of hydrogen-bond acceptors (Lipinski definition) is 3. The van der Waals surface area contributed by atoms with Crippen LogP contribution in [0.5, 0.6) is 0 Å². The molecule has 0 heterocycles. The maximum absolute atomic E-state index is 11.2. The standard InChI is InChI=1S/C12H23NO2/c1-8(2)11(14)15-10(5)13-12(6,7)9(3)4/h9-10,13H,1H2,2-7H3. The summed E-state index contributed by atoms with van der Waals surface area (Å²) in [7, 11) is 0. The summed E-state index contributed by atoms with van der Waals surface area (Å²) in [5.41, 5.74) is 0.361. The zero-order valence-corrected chi connectivity index (χ0v) is 10.7. The third kappa shape index (κ3) is 4.98. The smallest absolute Gasteiger partial charge is 0.334 e. The Hall–Kier alpha value is -0.830. The average Bonchev–Trinajstić information content (AvgIpc) is 2.01. The molecule has 0 radical (unpaired) electrons. The fourth-order valence-corrected chi connectivity index (χ4v) is 0.981. The molecule has 0 saturated heterocycles. The molecule has 0 aromatic heterocycles. The molecule has 0 aliphatic rings. The molecule has 88 valence electrons. The molecule has 0 spiro atoms. The Labute approximate surface area is 92.9 Å². The van der Waals surface area contributed by atoms with Gasteiger partial charge in [0.15, 0.2) is 6.23 Å². The minimum atomic E-state index is -0.352. The molecular weight excluding hydrogens is 190 g/mol. The highest BCUT2D eigenvalue weighted by Gasteiger charge is 2.25. The lowest BCUT2D eigenvalue weighted by Crippen LogP contribution is -2.49. The molecule has 0 aliphatic heterocycles. The summed E-state index contributed by atoms with van der Waals surface area (Å²) >= 11 is 0. The molecule has 0 amide bonds. The van der Waals surface area contributed by atoms with Gasteiger partial charge in [0.25, 0.3) is 0 Å². The molecule has 1 atom stereocenters. The molecule has 15 heavy (non-hydrogen) atoms. The Balaban J connectivity index is 4.20. The number of hydrogen-bond donors (Lipinski definition) is 1. The molecule has 0 aromatic rings. The van der Waals surface area contributed by atoms with Gasteiger partial charge in [-0.2, -0.15) is 0 Å². The van der Waals surface area contributed by atoms with E-state index in [2.05, 4.69) is 39.6 Å². The molecule has 0 aliphatic carbocycles. The summed E-state index contributed by atoms with van der Waals surface area (Å²) in [6.07, 6.45) is -0.299. The van der Waals surface area contributed by atoms with Crippen LogP contribution in [0.1, 0.15) is 41.5 Å². The first-order valence-corrected chi connectivity index (χ1v) is 5.31. The van der Waals surface area contributed by atoms with Gasteiger partial charge in [-0.3, -0.25) is 5.32 Å². The monoisotopic (exact) mass is 213 g/mol. The van der Waals surface area contributed by atoms with Gasteiger partial charge in [0, 0.05) is 11.1 Å². The SMILES string of the molecule is C=C(C)C(=O)OC(C)NC(C)(C)C(C)C. The third-order valence-corrected chi connectivity index (χ3v) is 2.65. The average molecular weight is 213 g/mol. The van der Waals surface area contributed by atoms with Gasteiger partial charge < -0.3 is 4.74 Å². The fraction of sp³-hybridized carbons (Fsp3) is 0.750. The summed E-state index contributed by atoms with van der Waals surface area (Å²) in [4.78, 5) is 11.2. The van der Waals surface area contributed by atoms with Crippen LogP contribution in [-0.4, -0.2) is 17.7 Å². The van der Waals surface area contributed by atoms with Crippen LogP contribution in [0.3, 0.4) is 0 Å². The van der Waals surface area contributed by atoms with Crippen molar-refractivity contribution in [2.75, 3.05) is 0 Å². The zero-order chi connectivity index (χ0) is 12.2. The van der Waals surface area contributed by atoms with E-state index >= 15 is 0 Å². The first kappa shape index (κ1) is 14.2. The van der Waals surface area contributed by atoms with Gasteiger partial charge in [-0.1, -0.05) is 20.4 Å². The van der Waals surface area contributed by atoms with Gasteiger partial charge in [0.2, 0.25) is 0 Å². The predicted molar refractivity (Wildman–Crippen MR) is 62.4 cm³/mol. The van der Waals surface area contributed by atoms with E-state index in [0.717, 1.165) is 0 Å². The van der Waals surface area contributed by atoms with Crippen molar-refractivity contribution in [1.29, 1.82) is 0 Å². The van der Waals surface area contributed by atoms with E-state index in [1.165, 1.54) is 0 Å². The highest BCUT2D eigenvalue weighted by Crippen LogP contribution is 2.16. The number of carbonyl (C=O) groups excluding carboxylic acids is 1. The molecule has 0 aromatic carbocycles. The van der Waals surface area contributed by atoms with Crippen LogP contribution in [-0.2, 0) is 9.53 Å². The maximum Gasteiger partial charge on any atom is 0.334 e. The lowest BCUT2D eigenvalue weighted by Gasteiger charge is -2.33. The van der Waals surface area contributed by atoms with Crippen LogP contribution in [0.15, 0.2) is 12.2 Å². The minimum absolute atomic E-state index is 0.0607. The van der Waals surface area contributed by atoms with E-state index in [9.17, 15) is 4.79 Å². The normalized spacial score (nSPS) is 13.8. The third-order valence-electron chi connectivity index (χ3n) is 2.65. The van der Waals surface area contributed by atoms with Gasteiger partial charge in [0.1, 0.15) is 0 Å². The van der Waals surface area contributed by atoms with E-state index in [0.29, 0.717) is 11.5 Å². The molecule has 1 unspecified atom stereocenters. The Morgan fingerprint density at radius 1 is 1.33 bits per heavy atom. The Kier molecular flexibility index (Phi) is 5.01. The second kappa shape index (κ2) is 5.31. The van der Waals surface area contributed by atoms with Crippen molar-refractivity contribution in [1.82, 2.24) is 5.32 Å². The molecule has 0 bridgehead atoms. The second-order valence-electron chi connectivity index (χ2n) is 4.85. The van der Waals surface area contributed by atoms with Crippen molar-refractivity contribution in [3.8, 4) is 0 Å². The van der Waals surface area contributed by atoms with Gasteiger partial charge in [-0.25, -0.2) is 4.79 Å². The summed E-state index contributed by atoms with van der Waals surface area (Å²) in [6.45, 7) is 15.4. The molecule has 0 saturated carbocycles. The Bertz CT molecular complexity index is 244. The maximum atomic E-state index is 11.2. The molecule has 0 fully saturated rings. The first-order valence-electron chi connectivity index (χ1n) is 5.31. The van der Waals surface area contributed by atoms with Crippen LogP contribution in [0.4, 0.5) is 0 Å². The molecule has 3 nitrogen and oxygen atoms in total. The van der Waals surface area contributed by atoms with Crippen molar-refractivity contribution in [3.05, 3.63) is 12.2 Å². The van der Waals surface area contributed by atoms with Crippen LogP contribution in [0, 0.1) is 5.92 Å². The van der Waals surface area contributed by atoms with Crippen LogP contribution < -0.4 is 5.32 Å². The number of esters is 1. The number of nitrogens with one attached hydrogen (secondary N) is 1. The summed E-state index contributed by atoms with van der Waals surface area (Å²) in [6, 6.07) is 0. The second-order valence-corrected chi connectivity index (χ2v) is 4.85.